The van der Waals surface area contributed by atoms with Gasteiger partial charge in [-0.1, -0.05) is 24.3 Å². The van der Waals surface area contributed by atoms with Crippen LogP contribution in [0.5, 0.6) is 11.5 Å². The zero-order chi connectivity index (χ0) is 21.3. The smallest absolute Gasteiger partial charge is 0.269 e. The minimum atomic E-state index is -0.437. The standard InChI is InChI=1S/C22H21N3O5/c1-29-21-13-16(14-23-17-8-10-19(11-9-17)25(27)28)7-12-20(21)30-15-22(26)24-18-5-3-2-4-6-18/h2-13,23H,14-15H2,1H3,(H,24,26). The number of para-hydroxylation sites is 1. The summed E-state index contributed by atoms with van der Waals surface area (Å²) >= 11 is 0. The van der Waals surface area contributed by atoms with Crippen molar-refractivity contribution in [3.63, 3.8) is 0 Å². The van der Waals surface area contributed by atoms with Gasteiger partial charge in [-0.2, -0.15) is 0 Å². The van der Waals surface area contributed by atoms with Crippen molar-refractivity contribution in [2.75, 3.05) is 24.4 Å². The van der Waals surface area contributed by atoms with Gasteiger partial charge in [-0.15, -0.1) is 0 Å². The molecule has 0 unspecified atom stereocenters. The van der Waals surface area contributed by atoms with Gasteiger partial charge in [-0.25, -0.2) is 0 Å². The second-order valence-corrected chi connectivity index (χ2v) is 6.35. The Morgan fingerprint density at radius 3 is 2.37 bits per heavy atom. The summed E-state index contributed by atoms with van der Waals surface area (Å²) in [5.74, 6) is 0.692. The molecule has 3 aromatic carbocycles. The molecule has 0 saturated carbocycles. The number of rotatable bonds is 9. The highest BCUT2D eigenvalue weighted by atomic mass is 16.6. The highest BCUT2D eigenvalue weighted by molar-refractivity contribution is 5.91. The third-order valence-corrected chi connectivity index (χ3v) is 4.22. The summed E-state index contributed by atoms with van der Waals surface area (Å²) in [5, 5.41) is 16.7. The Balaban J connectivity index is 1.56. The van der Waals surface area contributed by atoms with Gasteiger partial charge in [0.15, 0.2) is 18.1 Å². The lowest BCUT2D eigenvalue weighted by molar-refractivity contribution is -0.384. The second kappa shape index (κ2) is 9.92. The van der Waals surface area contributed by atoms with Crippen LogP contribution in [0, 0.1) is 10.1 Å². The van der Waals surface area contributed by atoms with Gasteiger partial charge in [0, 0.05) is 30.1 Å². The topological polar surface area (TPSA) is 103 Å². The average Bonchev–Trinajstić information content (AvgIpc) is 2.77. The molecule has 1 amide bonds. The maximum Gasteiger partial charge on any atom is 0.269 e. The van der Waals surface area contributed by atoms with E-state index >= 15 is 0 Å². The van der Waals surface area contributed by atoms with Gasteiger partial charge in [-0.05, 0) is 42.0 Å². The Kier molecular flexibility index (Phi) is 6.83. The van der Waals surface area contributed by atoms with Crippen molar-refractivity contribution in [3.8, 4) is 11.5 Å². The van der Waals surface area contributed by atoms with E-state index in [0.29, 0.717) is 23.7 Å². The zero-order valence-corrected chi connectivity index (χ0v) is 16.3. The number of nitro benzene ring substituents is 1. The lowest BCUT2D eigenvalue weighted by Gasteiger charge is -2.13. The number of benzene rings is 3. The number of carbonyl (C=O) groups is 1. The van der Waals surface area contributed by atoms with E-state index in [1.807, 2.05) is 30.3 Å². The summed E-state index contributed by atoms with van der Waals surface area (Å²) in [5.41, 5.74) is 2.43. The first-order valence-corrected chi connectivity index (χ1v) is 9.18. The van der Waals surface area contributed by atoms with Crippen LogP contribution in [0.4, 0.5) is 17.1 Å². The number of amides is 1. The van der Waals surface area contributed by atoms with E-state index in [1.54, 1.807) is 30.3 Å². The Morgan fingerprint density at radius 2 is 1.70 bits per heavy atom. The molecule has 0 radical (unpaired) electrons. The molecule has 0 atom stereocenters. The Hall–Kier alpha value is -4.07. The van der Waals surface area contributed by atoms with Crippen LogP contribution in [0.2, 0.25) is 0 Å². The van der Waals surface area contributed by atoms with Crippen molar-refractivity contribution in [1.82, 2.24) is 0 Å². The first-order chi connectivity index (χ1) is 14.5. The summed E-state index contributed by atoms with van der Waals surface area (Å²) in [7, 11) is 1.53. The summed E-state index contributed by atoms with van der Waals surface area (Å²) < 4.78 is 11.0. The fraction of sp³-hybridized carbons (Fsp3) is 0.136. The van der Waals surface area contributed by atoms with E-state index in [9.17, 15) is 14.9 Å². The minimum Gasteiger partial charge on any atom is -0.493 e. The molecule has 0 heterocycles. The second-order valence-electron chi connectivity index (χ2n) is 6.35. The van der Waals surface area contributed by atoms with E-state index < -0.39 is 4.92 Å². The SMILES string of the molecule is COc1cc(CNc2ccc([N+](=O)[O-])cc2)ccc1OCC(=O)Nc1ccccc1. The monoisotopic (exact) mass is 407 g/mol. The Labute approximate surface area is 173 Å². The van der Waals surface area contributed by atoms with Crippen molar-refractivity contribution in [3.05, 3.63) is 88.5 Å². The van der Waals surface area contributed by atoms with Crippen molar-refractivity contribution in [2.24, 2.45) is 0 Å². The van der Waals surface area contributed by atoms with Gasteiger partial charge in [0.1, 0.15) is 0 Å². The van der Waals surface area contributed by atoms with E-state index in [-0.39, 0.29) is 18.2 Å². The zero-order valence-electron chi connectivity index (χ0n) is 16.3. The molecule has 3 aromatic rings. The van der Waals surface area contributed by atoms with Crippen molar-refractivity contribution in [2.45, 2.75) is 6.54 Å². The summed E-state index contributed by atoms with van der Waals surface area (Å²) in [6.45, 7) is 0.342. The van der Waals surface area contributed by atoms with Crippen molar-refractivity contribution in [1.29, 1.82) is 0 Å². The van der Waals surface area contributed by atoms with Gasteiger partial charge >= 0.3 is 0 Å². The molecule has 0 saturated heterocycles. The molecule has 0 aliphatic carbocycles. The van der Waals surface area contributed by atoms with E-state index in [0.717, 1.165) is 11.3 Å². The molecule has 0 bridgehead atoms. The number of hydrogen-bond acceptors (Lipinski definition) is 6. The van der Waals surface area contributed by atoms with Gasteiger partial charge < -0.3 is 20.1 Å². The number of nitrogens with zero attached hydrogens (tertiary/aromatic N) is 1. The van der Waals surface area contributed by atoms with Crippen LogP contribution < -0.4 is 20.1 Å². The van der Waals surface area contributed by atoms with E-state index in [2.05, 4.69) is 10.6 Å². The number of non-ortho nitro benzene ring substituents is 1. The molecular weight excluding hydrogens is 386 g/mol. The lowest BCUT2D eigenvalue weighted by Crippen LogP contribution is -2.20. The van der Waals surface area contributed by atoms with Gasteiger partial charge in [0.2, 0.25) is 0 Å². The number of carbonyl (C=O) groups excluding carboxylic acids is 1. The maximum atomic E-state index is 12.0. The summed E-state index contributed by atoms with van der Waals surface area (Å²) in [4.78, 5) is 22.3. The van der Waals surface area contributed by atoms with Crippen LogP contribution in [-0.4, -0.2) is 24.5 Å². The first-order valence-electron chi connectivity index (χ1n) is 9.18. The highest BCUT2D eigenvalue weighted by Gasteiger charge is 2.10. The first kappa shape index (κ1) is 20.7. The number of anilines is 2. The molecule has 0 aliphatic heterocycles. The van der Waals surface area contributed by atoms with Gasteiger partial charge in [0.25, 0.3) is 11.6 Å². The van der Waals surface area contributed by atoms with Crippen LogP contribution in [0.1, 0.15) is 5.56 Å². The third kappa shape index (κ3) is 5.71. The quantitative estimate of drug-likeness (QED) is 0.406. The van der Waals surface area contributed by atoms with Crippen LogP contribution in [0.3, 0.4) is 0 Å². The Bertz CT molecular complexity index is 1010. The number of ether oxygens (including phenoxy) is 2. The van der Waals surface area contributed by atoms with Crippen molar-refractivity contribution < 1.29 is 19.2 Å². The van der Waals surface area contributed by atoms with Crippen LogP contribution in [0.15, 0.2) is 72.8 Å². The van der Waals surface area contributed by atoms with Crippen LogP contribution >= 0.6 is 0 Å². The molecule has 8 heteroatoms. The fourth-order valence-corrected chi connectivity index (χ4v) is 2.71. The number of methoxy groups -OCH3 is 1. The largest absolute Gasteiger partial charge is 0.493 e. The molecule has 0 aromatic heterocycles. The summed E-state index contributed by atoms with van der Waals surface area (Å²) in [6.07, 6.45) is 0. The molecule has 154 valence electrons. The van der Waals surface area contributed by atoms with E-state index in [1.165, 1.54) is 19.2 Å². The molecule has 3 rings (SSSR count). The molecular formula is C22H21N3O5. The lowest BCUT2D eigenvalue weighted by atomic mass is 10.2. The molecule has 2 N–H and O–H groups in total. The summed E-state index contributed by atoms with van der Waals surface area (Å²) in [6, 6.07) is 20.7. The molecule has 0 fully saturated rings. The Morgan fingerprint density at radius 1 is 0.967 bits per heavy atom. The fourth-order valence-electron chi connectivity index (χ4n) is 2.71. The minimum absolute atomic E-state index is 0.0417. The average molecular weight is 407 g/mol. The highest BCUT2D eigenvalue weighted by Crippen LogP contribution is 2.28. The molecule has 0 aliphatic rings. The molecule has 30 heavy (non-hydrogen) atoms. The number of nitrogens with one attached hydrogen (secondary N) is 2. The molecule has 0 spiro atoms. The third-order valence-electron chi connectivity index (χ3n) is 4.22. The predicted octanol–water partition coefficient (Wildman–Crippen LogP) is 4.23. The number of nitro groups is 1. The van der Waals surface area contributed by atoms with Gasteiger partial charge in [-0.3, -0.25) is 14.9 Å². The van der Waals surface area contributed by atoms with Gasteiger partial charge in [0.05, 0.1) is 12.0 Å². The number of hydrogen-bond donors (Lipinski definition) is 2. The van der Waals surface area contributed by atoms with Crippen LogP contribution in [-0.2, 0) is 11.3 Å². The van der Waals surface area contributed by atoms with Crippen molar-refractivity contribution >= 4 is 23.0 Å². The molecule has 8 nitrogen and oxygen atoms in total. The predicted molar refractivity (Wildman–Crippen MR) is 114 cm³/mol. The normalized spacial score (nSPS) is 10.2. The van der Waals surface area contributed by atoms with E-state index in [4.69, 9.17) is 9.47 Å². The maximum absolute atomic E-state index is 12.0. The van der Waals surface area contributed by atoms with Crippen LogP contribution in [0.25, 0.3) is 0 Å².